The summed E-state index contributed by atoms with van der Waals surface area (Å²) in [4.78, 5) is 11.8. The average molecular weight is 308 g/mol. The van der Waals surface area contributed by atoms with Crippen molar-refractivity contribution in [3.63, 3.8) is 0 Å². The lowest BCUT2D eigenvalue weighted by Crippen LogP contribution is -2.39. The second kappa shape index (κ2) is 6.73. The van der Waals surface area contributed by atoms with Gasteiger partial charge in [-0.1, -0.05) is 0 Å². The molecule has 0 spiro atoms. The van der Waals surface area contributed by atoms with Gasteiger partial charge in [-0.3, -0.25) is 0 Å². The first-order chi connectivity index (χ1) is 10.2. The number of ether oxygens (including phenoxy) is 1. The van der Waals surface area contributed by atoms with Crippen LogP contribution in [0.1, 0.15) is 64.5 Å². The van der Waals surface area contributed by atoms with Gasteiger partial charge < -0.3 is 19.8 Å². The third-order valence-corrected chi connectivity index (χ3v) is 3.83. The third kappa shape index (κ3) is 5.05. The summed E-state index contributed by atoms with van der Waals surface area (Å²) >= 11 is 0. The van der Waals surface area contributed by atoms with E-state index in [1.54, 1.807) is 0 Å². The first kappa shape index (κ1) is 16.9. The van der Waals surface area contributed by atoms with Crippen LogP contribution >= 0.6 is 0 Å². The van der Waals surface area contributed by atoms with Crippen molar-refractivity contribution < 1.29 is 13.9 Å². The Morgan fingerprint density at radius 3 is 2.59 bits per heavy atom. The lowest BCUT2D eigenvalue weighted by molar-refractivity contribution is 0.0505. The number of amides is 1. The van der Waals surface area contributed by atoms with Crippen LogP contribution in [-0.2, 0) is 4.74 Å². The fourth-order valence-electron chi connectivity index (χ4n) is 2.86. The second-order valence-corrected chi connectivity index (χ2v) is 7.19. The maximum atomic E-state index is 11.8. The van der Waals surface area contributed by atoms with Crippen LogP contribution in [0.4, 0.5) is 4.79 Å². The smallest absolute Gasteiger partial charge is 0.407 e. The van der Waals surface area contributed by atoms with E-state index in [2.05, 4.69) is 17.6 Å². The molecule has 1 aromatic heterocycles. The van der Waals surface area contributed by atoms with Crippen molar-refractivity contribution in [1.29, 1.82) is 0 Å². The molecule has 5 nitrogen and oxygen atoms in total. The molecule has 1 saturated carbocycles. The van der Waals surface area contributed by atoms with Crippen molar-refractivity contribution in [1.82, 2.24) is 10.6 Å². The van der Waals surface area contributed by atoms with Crippen LogP contribution in [-0.4, -0.2) is 23.8 Å². The molecular weight excluding hydrogens is 280 g/mol. The van der Waals surface area contributed by atoms with E-state index in [9.17, 15) is 4.79 Å². The highest BCUT2D eigenvalue weighted by molar-refractivity contribution is 5.68. The summed E-state index contributed by atoms with van der Waals surface area (Å²) in [6.45, 7) is 9.68. The zero-order valence-corrected chi connectivity index (χ0v) is 14.2. The summed E-state index contributed by atoms with van der Waals surface area (Å²) in [5.74, 6) is 1.89. The Morgan fingerprint density at radius 1 is 1.32 bits per heavy atom. The highest BCUT2D eigenvalue weighted by atomic mass is 16.6. The molecule has 0 saturated heterocycles. The molecule has 0 radical (unpaired) electrons. The number of carbonyl (C=O) groups excluding carboxylic acids is 1. The van der Waals surface area contributed by atoms with Crippen molar-refractivity contribution in [2.75, 3.05) is 0 Å². The van der Waals surface area contributed by atoms with Gasteiger partial charge in [-0.15, -0.1) is 0 Å². The molecule has 1 aromatic rings. The van der Waals surface area contributed by atoms with Gasteiger partial charge >= 0.3 is 6.09 Å². The predicted molar refractivity (Wildman–Crippen MR) is 85.8 cm³/mol. The number of carbonyl (C=O) groups is 1. The fourth-order valence-corrected chi connectivity index (χ4v) is 2.86. The molecule has 2 N–H and O–H groups in total. The first-order valence-corrected chi connectivity index (χ1v) is 8.05. The molecule has 0 aromatic carbocycles. The summed E-state index contributed by atoms with van der Waals surface area (Å²) in [7, 11) is 0. The van der Waals surface area contributed by atoms with Crippen molar-refractivity contribution in [2.24, 2.45) is 0 Å². The maximum absolute atomic E-state index is 11.8. The monoisotopic (exact) mass is 308 g/mol. The standard InChI is InChI=1S/C17H28N2O3/c1-11-6-9-15(21-11)12(2)18-13-7-8-14(10-13)19-16(20)22-17(3,4)5/h6,9,12-14,18H,7-8,10H2,1-5H3,(H,19,20). The molecular formula is C17H28N2O3. The zero-order chi connectivity index (χ0) is 16.3. The zero-order valence-electron chi connectivity index (χ0n) is 14.2. The highest BCUT2D eigenvalue weighted by Gasteiger charge is 2.28. The number of furan rings is 1. The number of aryl methyl sites for hydroxylation is 1. The van der Waals surface area contributed by atoms with Gasteiger partial charge in [-0.2, -0.15) is 0 Å². The Balaban J connectivity index is 1.77. The quantitative estimate of drug-likeness (QED) is 0.890. The minimum Gasteiger partial charge on any atom is -0.465 e. The summed E-state index contributed by atoms with van der Waals surface area (Å²) in [5.41, 5.74) is -0.452. The first-order valence-electron chi connectivity index (χ1n) is 8.05. The molecule has 1 aliphatic rings. The van der Waals surface area contributed by atoms with Gasteiger partial charge in [0.15, 0.2) is 0 Å². The van der Waals surface area contributed by atoms with Crippen LogP contribution in [0.5, 0.6) is 0 Å². The summed E-state index contributed by atoms with van der Waals surface area (Å²) in [6, 6.07) is 4.74. The highest BCUT2D eigenvalue weighted by Crippen LogP contribution is 2.24. The molecule has 1 heterocycles. The van der Waals surface area contributed by atoms with Crippen molar-refractivity contribution in [3.05, 3.63) is 23.7 Å². The van der Waals surface area contributed by atoms with E-state index in [0.717, 1.165) is 30.8 Å². The van der Waals surface area contributed by atoms with Gasteiger partial charge in [0.1, 0.15) is 17.1 Å². The number of hydrogen-bond acceptors (Lipinski definition) is 4. The maximum Gasteiger partial charge on any atom is 0.407 e. The molecule has 3 atom stereocenters. The molecule has 1 aliphatic carbocycles. The summed E-state index contributed by atoms with van der Waals surface area (Å²) in [5, 5.41) is 6.53. The van der Waals surface area contributed by atoms with E-state index < -0.39 is 5.60 Å². The van der Waals surface area contributed by atoms with Crippen LogP contribution in [0, 0.1) is 6.92 Å². The van der Waals surface area contributed by atoms with Gasteiger partial charge in [0, 0.05) is 12.1 Å². The van der Waals surface area contributed by atoms with Gasteiger partial charge in [0.25, 0.3) is 0 Å². The molecule has 22 heavy (non-hydrogen) atoms. The van der Waals surface area contributed by atoms with Gasteiger partial charge in [-0.25, -0.2) is 4.79 Å². The van der Waals surface area contributed by atoms with E-state index in [0.29, 0.717) is 6.04 Å². The van der Waals surface area contributed by atoms with E-state index in [-0.39, 0.29) is 18.2 Å². The number of alkyl carbamates (subject to hydrolysis) is 1. The Morgan fingerprint density at radius 2 is 2.00 bits per heavy atom. The minimum absolute atomic E-state index is 0.179. The second-order valence-electron chi connectivity index (χ2n) is 7.19. The fraction of sp³-hybridized carbons (Fsp3) is 0.706. The topological polar surface area (TPSA) is 63.5 Å². The largest absolute Gasteiger partial charge is 0.465 e. The summed E-state index contributed by atoms with van der Waals surface area (Å²) in [6.07, 6.45) is 2.61. The number of hydrogen-bond donors (Lipinski definition) is 2. The van der Waals surface area contributed by atoms with Crippen LogP contribution in [0.2, 0.25) is 0 Å². The van der Waals surface area contributed by atoms with E-state index in [1.165, 1.54) is 0 Å². The average Bonchev–Trinajstić information content (AvgIpc) is 2.96. The van der Waals surface area contributed by atoms with Gasteiger partial charge in [0.05, 0.1) is 6.04 Å². The molecule has 2 rings (SSSR count). The number of nitrogens with one attached hydrogen (secondary N) is 2. The van der Waals surface area contributed by atoms with Crippen LogP contribution in [0.3, 0.4) is 0 Å². The lowest BCUT2D eigenvalue weighted by Gasteiger charge is -2.22. The van der Waals surface area contributed by atoms with Crippen LogP contribution < -0.4 is 10.6 Å². The number of rotatable bonds is 4. The Bertz CT molecular complexity index is 504. The minimum atomic E-state index is -0.452. The molecule has 1 fully saturated rings. The summed E-state index contributed by atoms with van der Waals surface area (Å²) < 4.78 is 11.0. The SMILES string of the molecule is Cc1ccc(C(C)NC2CCC(NC(=O)OC(C)(C)C)C2)o1. The third-order valence-electron chi connectivity index (χ3n) is 3.83. The van der Waals surface area contributed by atoms with E-state index in [1.807, 2.05) is 39.8 Å². The Labute approximate surface area is 132 Å². The van der Waals surface area contributed by atoms with Gasteiger partial charge in [-0.05, 0) is 66.0 Å². The van der Waals surface area contributed by atoms with Crippen molar-refractivity contribution >= 4 is 6.09 Å². The normalized spacial score (nSPS) is 23.3. The molecule has 1 amide bonds. The molecule has 0 aliphatic heterocycles. The van der Waals surface area contributed by atoms with Gasteiger partial charge in [0.2, 0.25) is 0 Å². The Kier molecular flexibility index (Phi) is 5.16. The predicted octanol–water partition coefficient (Wildman–Crippen LogP) is 3.68. The van der Waals surface area contributed by atoms with Crippen molar-refractivity contribution in [2.45, 2.75) is 77.6 Å². The van der Waals surface area contributed by atoms with E-state index >= 15 is 0 Å². The molecule has 0 bridgehead atoms. The molecule has 5 heteroatoms. The lowest BCUT2D eigenvalue weighted by atomic mass is 10.2. The Hall–Kier alpha value is -1.49. The molecule has 3 unspecified atom stereocenters. The van der Waals surface area contributed by atoms with Crippen molar-refractivity contribution in [3.8, 4) is 0 Å². The van der Waals surface area contributed by atoms with E-state index in [4.69, 9.17) is 9.15 Å². The van der Waals surface area contributed by atoms with Crippen LogP contribution in [0.25, 0.3) is 0 Å². The van der Waals surface area contributed by atoms with Crippen LogP contribution in [0.15, 0.2) is 16.5 Å². The molecule has 124 valence electrons.